The van der Waals surface area contributed by atoms with Crippen molar-refractivity contribution in [3.8, 4) is 0 Å². The van der Waals surface area contributed by atoms with Crippen molar-refractivity contribution in [1.29, 1.82) is 0 Å². The molecule has 0 bridgehead atoms. The summed E-state index contributed by atoms with van der Waals surface area (Å²) in [6, 6.07) is 6.28. The molecule has 4 rings (SSSR count). The number of furan rings is 1. The number of benzene rings is 1. The zero-order valence-electron chi connectivity index (χ0n) is 13.1. The second-order valence-electron chi connectivity index (χ2n) is 7.42. The molecule has 2 heteroatoms. The van der Waals surface area contributed by atoms with Gasteiger partial charge in [-0.05, 0) is 41.7 Å². The molecular formula is C19H23NO. The van der Waals surface area contributed by atoms with Gasteiger partial charge in [-0.3, -0.25) is 4.99 Å². The van der Waals surface area contributed by atoms with Crippen LogP contribution in [0.15, 0.2) is 33.9 Å². The predicted molar refractivity (Wildman–Crippen MR) is 85.6 cm³/mol. The highest BCUT2D eigenvalue weighted by Gasteiger charge is 2.50. The normalized spacial score (nSPS) is 30.7. The van der Waals surface area contributed by atoms with Crippen LogP contribution in [0.4, 0.5) is 0 Å². The van der Waals surface area contributed by atoms with Gasteiger partial charge in [0.05, 0.1) is 17.2 Å². The quantitative estimate of drug-likeness (QED) is 0.720. The minimum absolute atomic E-state index is 0.0454. The first kappa shape index (κ1) is 13.1. The fourth-order valence-electron chi connectivity index (χ4n) is 4.58. The summed E-state index contributed by atoms with van der Waals surface area (Å²) >= 11 is 0. The van der Waals surface area contributed by atoms with Gasteiger partial charge in [-0.1, -0.05) is 39.7 Å². The minimum atomic E-state index is 0.0454. The maximum atomic E-state index is 5.56. The molecule has 0 radical (unpaired) electrons. The van der Waals surface area contributed by atoms with E-state index < -0.39 is 0 Å². The average molecular weight is 281 g/mol. The van der Waals surface area contributed by atoms with Gasteiger partial charge in [-0.15, -0.1) is 0 Å². The second kappa shape index (κ2) is 4.22. The summed E-state index contributed by atoms with van der Waals surface area (Å²) in [5.41, 5.74) is 1.25. The van der Waals surface area contributed by atoms with Gasteiger partial charge in [-0.2, -0.15) is 0 Å². The lowest BCUT2D eigenvalue weighted by Crippen LogP contribution is -2.54. The molecule has 1 fully saturated rings. The monoisotopic (exact) mass is 281 g/mol. The zero-order chi connectivity index (χ0) is 14.7. The Morgan fingerprint density at radius 1 is 1.14 bits per heavy atom. The van der Waals surface area contributed by atoms with Crippen LogP contribution in [0.2, 0.25) is 0 Å². The van der Waals surface area contributed by atoms with E-state index in [1.54, 1.807) is 6.26 Å². The summed E-state index contributed by atoms with van der Waals surface area (Å²) in [6.45, 7) is 7.15. The van der Waals surface area contributed by atoms with Crippen LogP contribution >= 0.6 is 0 Å². The van der Waals surface area contributed by atoms with Gasteiger partial charge in [-0.25, -0.2) is 0 Å². The molecule has 1 aromatic carbocycles. The third-order valence-electron chi connectivity index (χ3n) is 5.91. The van der Waals surface area contributed by atoms with Gasteiger partial charge in [0.25, 0.3) is 0 Å². The van der Waals surface area contributed by atoms with Crippen LogP contribution in [-0.4, -0.2) is 5.54 Å². The lowest BCUT2D eigenvalue weighted by Gasteiger charge is -2.51. The first-order chi connectivity index (χ1) is 10.0. The number of rotatable bonds is 0. The molecule has 21 heavy (non-hydrogen) atoms. The SMILES string of the molecule is C[C@H]1C=c2ccc3occc3c2=N[C@@]12CCCCC2(C)C. The third-order valence-corrected chi connectivity index (χ3v) is 5.91. The molecule has 2 aromatic rings. The summed E-state index contributed by atoms with van der Waals surface area (Å²) in [5.74, 6) is 0.490. The molecule has 0 amide bonds. The van der Waals surface area contributed by atoms with E-state index in [1.807, 2.05) is 0 Å². The number of nitrogens with zero attached hydrogens (tertiary/aromatic N) is 1. The van der Waals surface area contributed by atoms with Crippen molar-refractivity contribution >= 4 is 17.0 Å². The number of fused-ring (bicyclic) bond motifs is 3. The molecule has 1 spiro atoms. The van der Waals surface area contributed by atoms with Crippen LogP contribution in [-0.2, 0) is 0 Å². The van der Waals surface area contributed by atoms with Crippen LogP contribution < -0.4 is 10.6 Å². The number of hydrogen-bond donors (Lipinski definition) is 0. The molecule has 1 aliphatic heterocycles. The Hall–Kier alpha value is -1.57. The Balaban J connectivity index is 2.06. The predicted octanol–water partition coefficient (Wildman–Crippen LogP) is 3.82. The highest BCUT2D eigenvalue weighted by Crippen LogP contribution is 2.51. The summed E-state index contributed by atoms with van der Waals surface area (Å²) in [7, 11) is 0. The van der Waals surface area contributed by atoms with Crippen molar-refractivity contribution in [2.75, 3.05) is 0 Å². The third kappa shape index (κ3) is 1.68. The molecule has 2 heterocycles. The maximum absolute atomic E-state index is 5.56. The molecular weight excluding hydrogens is 258 g/mol. The molecule has 0 N–H and O–H groups in total. The van der Waals surface area contributed by atoms with Gasteiger partial charge >= 0.3 is 0 Å². The van der Waals surface area contributed by atoms with Crippen molar-refractivity contribution in [1.82, 2.24) is 0 Å². The van der Waals surface area contributed by atoms with Crippen LogP contribution in [0.1, 0.15) is 46.5 Å². The molecule has 2 atom stereocenters. The summed E-state index contributed by atoms with van der Waals surface area (Å²) in [4.78, 5) is 5.38. The van der Waals surface area contributed by atoms with Crippen LogP contribution in [0.3, 0.4) is 0 Å². The van der Waals surface area contributed by atoms with Gasteiger partial charge in [0.15, 0.2) is 0 Å². The Kier molecular flexibility index (Phi) is 2.64. The Bertz CT molecular complexity index is 814. The van der Waals surface area contributed by atoms with Crippen LogP contribution in [0, 0.1) is 11.3 Å². The van der Waals surface area contributed by atoms with E-state index in [0.717, 1.165) is 16.3 Å². The highest BCUT2D eigenvalue weighted by atomic mass is 16.3. The lowest BCUT2D eigenvalue weighted by atomic mass is 9.58. The van der Waals surface area contributed by atoms with E-state index in [1.165, 1.54) is 30.9 Å². The summed E-state index contributed by atoms with van der Waals surface area (Å²) in [6.07, 6.45) is 9.30. The zero-order valence-corrected chi connectivity index (χ0v) is 13.1. The minimum Gasteiger partial charge on any atom is -0.464 e. The Morgan fingerprint density at radius 3 is 2.76 bits per heavy atom. The van der Waals surface area contributed by atoms with Gasteiger partial charge < -0.3 is 4.42 Å². The fourth-order valence-corrected chi connectivity index (χ4v) is 4.58. The first-order valence-corrected chi connectivity index (χ1v) is 8.11. The topological polar surface area (TPSA) is 25.5 Å². The smallest absolute Gasteiger partial charge is 0.136 e. The molecule has 1 aromatic heterocycles. The van der Waals surface area contributed by atoms with E-state index in [0.29, 0.717) is 5.92 Å². The molecule has 110 valence electrons. The van der Waals surface area contributed by atoms with Gasteiger partial charge in [0.1, 0.15) is 5.58 Å². The molecule has 2 aliphatic rings. The highest BCUT2D eigenvalue weighted by molar-refractivity contribution is 5.77. The molecule has 0 saturated heterocycles. The van der Waals surface area contributed by atoms with Crippen LogP contribution in [0.5, 0.6) is 0 Å². The van der Waals surface area contributed by atoms with Crippen molar-refractivity contribution in [3.63, 3.8) is 0 Å². The number of hydrogen-bond acceptors (Lipinski definition) is 2. The van der Waals surface area contributed by atoms with Crippen LogP contribution in [0.25, 0.3) is 17.0 Å². The van der Waals surface area contributed by atoms with Crippen molar-refractivity contribution in [2.45, 2.75) is 52.0 Å². The van der Waals surface area contributed by atoms with Crippen molar-refractivity contribution < 1.29 is 4.42 Å². The van der Waals surface area contributed by atoms with Crippen molar-refractivity contribution in [2.24, 2.45) is 16.3 Å². The summed E-state index contributed by atoms with van der Waals surface area (Å²) < 4.78 is 5.56. The molecule has 1 saturated carbocycles. The lowest BCUT2D eigenvalue weighted by molar-refractivity contribution is 0.0698. The van der Waals surface area contributed by atoms with E-state index in [9.17, 15) is 0 Å². The molecule has 2 nitrogen and oxygen atoms in total. The molecule has 0 unspecified atom stereocenters. The van der Waals surface area contributed by atoms with E-state index >= 15 is 0 Å². The fraction of sp³-hybridized carbons (Fsp3) is 0.526. The van der Waals surface area contributed by atoms with E-state index in [-0.39, 0.29) is 11.0 Å². The Labute approximate surface area is 125 Å². The first-order valence-electron chi connectivity index (χ1n) is 8.11. The molecule has 1 aliphatic carbocycles. The second-order valence-corrected chi connectivity index (χ2v) is 7.42. The largest absolute Gasteiger partial charge is 0.464 e. The standard InChI is InChI=1S/C19H23NO/c1-13-12-14-6-7-16-15(8-11-21-16)17(14)20-19(13)10-5-4-9-18(19,2)3/h6-8,11-13H,4-5,9-10H2,1-3H3/t13-,19-/m0/s1. The average Bonchev–Trinajstić information content (AvgIpc) is 2.91. The van der Waals surface area contributed by atoms with Gasteiger partial charge in [0, 0.05) is 11.3 Å². The summed E-state index contributed by atoms with van der Waals surface area (Å²) in [5, 5.41) is 3.58. The Morgan fingerprint density at radius 2 is 1.95 bits per heavy atom. The maximum Gasteiger partial charge on any atom is 0.136 e. The van der Waals surface area contributed by atoms with E-state index in [2.05, 4.69) is 45.0 Å². The van der Waals surface area contributed by atoms with Crippen molar-refractivity contribution in [3.05, 3.63) is 35.0 Å². The van der Waals surface area contributed by atoms with Gasteiger partial charge in [0.2, 0.25) is 0 Å². The van der Waals surface area contributed by atoms with E-state index in [4.69, 9.17) is 9.41 Å².